The fraction of sp³-hybridized carbons (Fsp3) is 0.227. The number of carbonyl (C=O) groups excluding carboxylic acids is 1. The summed E-state index contributed by atoms with van der Waals surface area (Å²) >= 11 is 0. The third-order valence-corrected chi connectivity index (χ3v) is 4.24. The van der Waals surface area contributed by atoms with Crippen LogP contribution < -0.4 is 14.2 Å². The van der Waals surface area contributed by atoms with Gasteiger partial charge in [0.05, 0.1) is 21.3 Å². The van der Waals surface area contributed by atoms with E-state index in [1.165, 1.54) is 6.08 Å². The zero-order chi connectivity index (χ0) is 21.5. The average Bonchev–Trinajstić information content (AvgIpc) is 3.28. The van der Waals surface area contributed by atoms with Gasteiger partial charge in [0, 0.05) is 11.6 Å². The summed E-state index contributed by atoms with van der Waals surface area (Å²) in [6.45, 7) is 1.66. The van der Waals surface area contributed by atoms with Crippen LogP contribution >= 0.6 is 0 Å². The SMILES string of the molecule is COc1ccc(-c2nnc([C@H](C)OC(=O)/C=C/c3ccc(OC)c(OC)c3)o2)cc1. The topological polar surface area (TPSA) is 92.9 Å². The van der Waals surface area contributed by atoms with Crippen LogP contribution in [0.1, 0.15) is 24.5 Å². The molecule has 8 nitrogen and oxygen atoms in total. The van der Waals surface area contributed by atoms with Gasteiger partial charge in [-0.05, 0) is 55.0 Å². The molecule has 0 aliphatic rings. The van der Waals surface area contributed by atoms with Crippen molar-refractivity contribution in [1.29, 1.82) is 0 Å². The number of benzene rings is 2. The number of esters is 1. The quantitative estimate of drug-likeness (QED) is 0.405. The number of carbonyl (C=O) groups is 1. The highest BCUT2D eigenvalue weighted by Gasteiger charge is 2.18. The molecule has 0 spiro atoms. The van der Waals surface area contributed by atoms with Gasteiger partial charge in [0.25, 0.3) is 5.89 Å². The van der Waals surface area contributed by atoms with Crippen molar-refractivity contribution in [2.24, 2.45) is 0 Å². The summed E-state index contributed by atoms with van der Waals surface area (Å²) in [6.07, 6.45) is 2.23. The zero-order valence-electron chi connectivity index (χ0n) is 17.1. The molecule has 30 heavy (non-hydrogen) atoms. The molecule has 3 rings (SSSR count). The van der Waals surface area contributed by atoms with Crippen molar-refractivity contribution >= 4 is 12.0 Å². The molecule has 0 amide bonds. The molecule has 0 saturated carbocycles. The summed E-state index contributed by atoms with van der Waals surface area (Å²) in [5.41, 5.74) is 1.50. The lowest BCUT2D eigenvalue weighted by atomic mass is 10.2. The summed E-state index contributed by atoms with van der Waals surface area (Å²) in [5, 5.41) is 7.98. The number of nitrogens with zero attached hydrogens (tertiary/aromatic N) is 2. The third-order valence-electron chi connectivity index (χ3n) is 4.24. The van der Waals surface area contributed by atoms with Crippen molar-refractivity contribution in [3.63, 3.8) is 0 Å². The highest BCUT2D eigenvalue weighted by molar-refractivity contribution is 5.87. The molecule has 3 aromatic rings. The van der Waals surface area contributed by atoms with Crippen LogP contribution in [0.2, 0.25) is 0 Å². The van der Waals surface area contributed by atoms with E-state index in [2.05, 4.69) is 10.2 Å². The van der Waals surface area contributed by atoms with Gasteiger partial charge in [0.2, 0.25) is 5.89 Å². The monoisotopic (exact) mass is 410 g/mol. The Morgan fingerprint density at radius 2 is 1.70 bits per heavy atom. The number of ether oxygens (including phenoxy) is 4. The molecule has 0 saturated heterocycles. The van der Waals surface area contributed by atoms with Gasteiger partial charge in [-0.3, -0.25) is 0 Å². The van der Waals surface area contributed by atoms with E-state index in [0.29, 0.717) is 17.4 Å². The molecule has 1 heterocycles. The molecule has 0 radical (unpaired) electrons. The van der Waals surface area contributed by atoms with Crippen LogP contribution in [0, 0.1) is 0 Å². The molecule has 0 unspecified atom stereocenters. The Morgan fingerprint density at radius 1 is 0.967 bits per heavy atom. The standard InChI is InChI=1S/C22H22N2O6/c1-14(21-23-24-22(30-21)16-7-9-17(26-2)10-8-16)29-20(25)12-6-15-5-11-18(27-3)19(13-15)28-4/h5-14H,1-4H3/b12-6+/t14-/m0/s1. The zero-order valence-corrected chi connectivity index (χ0v) is 17.1. The highest BCUT2D eigenvalue weighted by Crippen LogP contribution is 2.28. The molecule has 1 atom stereocenters. The average molecular weight is 410 g/mol. The minimum atomic E-state index is -0.702. The van der Waals surface area contributed by atoms with Crippen molar-refractivity contribution in [2.45, 2.75) is 13.0 Å². The molecule has 156 valence electrons. The third kappa shape index (κ3) is 4.96. The van der Waals surface area contributed by atoms with Gasteiger partial charge >= 0.3 is 5.97 Å². The first-order valence-corrected chi connectivity index (χ1v) is 9.12. The van der Waals surface area contributed by atoms with Crippen molar-refractivity contribution in [1.82, 2.24) is 10.2 Å². The number of hydrogen-bond acceptors (Lipinski definition) is 8. The summed E-state index contributed by atoms with van der Waals surface area (Å²) in [4.78, 5) is 12.2. The Bertz CT molecular complexity index is 1030. The van der Waals surface area contributed by atoms with Crippen LogP contribution in [0.25, 0.3) is 17.5 Å². The van der Waals surface area contributed by atoms with Crippen molar-refractivity contribution in [3.05, 3.63) is 60.0 Å². The first kappa shape index (κ1) is 20.9. The maximum Gasteiger partial charge on any atom is 0.331 e. The first-order chi connectivity index (χ1) is 14.5. The smallest absolute Gasteiger partial charge is 0.331 e. The van der Waals surface area contributed by atoms with Gasteiger partial charge in [-0.1, -0.05) is 6.07 Å². The minimum Gasteiger partial charge on any atom is -0.497 e. The molecular formula is C22H22N2O6. The number of methoxy groups -OCH3 is 3. The van der Waals surface area contributed by atoms with E-state index in [1.807, 2.05) is 0 Å². The molecule has 0 N–H and O–H groups in total. The summed E-state index contributed by atoms with van der Waals surface area (Å²) in [7, 11) is 4.70. The van der Waals surface area contributed by atoms with E-state index in [1.54, 1.807) is 76.8 Å². The molecule has 1 aromatic heterocycles. The van der Waals surface area contributed by atoms with Crippen LogP contribution in [0.15, 0.2) is 53.0 Å². The Kier molecular flexibility index (Phi) is 6.69. The van der Waals surface area contributed by atoms with Crippen LogP contribution in [-0.2, 0) is 9.53 Å². The Balaban J connectivity index is 1.63. The van der Waals surface area contributed by atoms with Crippen LogP contribution in [0.4, 0.5) is 0 Å². The summed E-state index contributed by atoms with van der Waals surface area (Å²) in [5.74, 6) is 1.89. The first-order valence-electron chi connectivity index (χ1n) is 9.12. The van der Waals surface area contributed by atoms with E-state index in [9.17, 15) is 4.79 Å². The second-order valence-corrected chi connectivity index (χ2v) is 6.20. The minimum absolute atomic E-state index is 0.202. The molecule has 0 aliphatic carbocycles. The van der Waals surface area contributed by atoms with Gasteiger partial charge in [-0.25, -0.2) is 4.79 Å². The number of aromatic nitrogens is 2. The summed E-state index contributed by atoms with van der Waals surface area (Å²) < 4.78 is 26.5. The molecule has 2 aromatic carbocycles. The van der Waals surface area contributed by atoms with Crippen LogP contribution in [-0.4, -0.2) is 37.5 Å². The largest absolute Gasteiger partial charge is 0.497 e. The van der Waals surface area contributed by atoms with Crippen molar-refractivity contribution in [3.8, 4) is 28.7 Å². The summed E-state index contributed by atoms with van der Waals surface area (Å²) in [6, 6.07) is 12.5. The predicted molar refractivity (Wildman–Crippen MR) is 109 cm³/mol. The molecule has 0 aliphatic heterocycles. The van der Waals surface area contributed by atoms with Gasteiger partial charge in [0.1, 0.15) is 5.75 Å². The second kappa shape index (κ2) is 9.60. The van der Waals surface area contributed by atoms with Gasteiger partial charge < -0.3 is 23.4 Å². The van der Waals surface area contributed by atoms with Crippen molar-refractivity contribution < 1.29 is 28.2 Å². The molecule has 0 fully saturated rings. The fourth-order valence-electron chi connectivity index (χ4n) is 2.63. The normalized spacial score (nSPS) is 11.9. The van der Waals surface area contributed by atoms with Crippen LogP contribution in [0.3, 0.4) is 0 Å². The lowest BCUT2D eigenvalue weighted by molar-refractivity contribution is -0.143. The van der Waals surface area contributed by atoms with Crippen molar-refractivity contribution in [2.75, 3.05) is 21.3 Å². The highest BCUT2D eigenvalue weighted by atomic mass is 16.6. The van der Waals surface area contributed by atoms with E-state index >= 15 is 0 Å². The Hall–Kier alpha value is -3.81. The lowest BCUT2D eigenvalue weighted by Gasteiger charge is -2.08. The van der Waals surface area contributed by atoms with E-state index in [0.717, 1.165) is 16.9 Å². The Labute approximate surface area is 174 Å². The molecule has 0 bridgehead atoms. The molecular weight excluding hydrogens is 388 g/mol. The van der Waals surface area contributed by atoms with Crippen LogP contribution in [0.5, 0.6) is 17.2 Å². The van der Waals surface area contributed by atoms with E-state index < -0.39 is 12.1 Å². The predicted octanol–water partition coefficient (Wildman–Crippen LogP) is 4.08. The fourth-order valence-corrected chi connectivity index (χ4v) is 2.63. The second-order valence-electron chi connectivity index (χ2n) is 6.20. The molecule has 8 heteroatoms. The lowest BCUT2D eigenvalue weighted by Crippen LogP contribution is -2.06. The van der Waals surface area contributed by atoms with Gasteiger partial charge in [-0.15, -0.1) is 10.2 Å². The van der Waals surface area contributed by atoms with Gasteiger partial charge in [0.15, 0.2) is 17.6 Å². The Morgan fingerprint density at radius 3 is 2.37 bits per heavy atom. The number of hydrogen-bond donors (Lipinski definition) is 0. The van der Waals surface area contributed by atoms with Gasteiger partial charge in [-0.2, -0.15) is 0 Å². The maximum absolute atomic E-state index is 12.2. The van der Waals surface area contributed by atoms with E-state index in [-0.39, 0.29) is 5.89 Å². The van der Waals surface area contributed by atoms with E-state index in [4.69, 9.17) is 23.4 Å². The number of rotatable bonds is 8. The maximum atomic E-state index is 12.2.